The fourth-order valence-corrected chi connectivity index (χ4v) is 3.46. The van der Waals surface area contributed by atoms with E-state index in [1.807, 2.05) is 13.8 Å². The number of amides is 1. The van der Waals surface area contributed by atoms with Crippen molar-refractivity contribution in [3.05, 3.63) is 45.6 Å². The number of hydrogen-bond donors (Lipinski definition) is 1. The van der Waals surface area contributed by atoms with Crippen molar-refractivity contribution >= 4 is 11.9 Å². The van der Waals surface area contributed by atoms with Crippen molar-refractivity contribution in [1.82, 2.24) is 25.1 Å². The second kappa shape index (κ2) is 8.95. The minimum Gasteiger partial charge on any atom is -0.344 e. The number of aromatic nitrogens is 4. The first kappa shape index (κ1) is 20.0. The molecule has 1 N–H and O–H groups in total. The number of carbonyl (C=O) groups excluding carboxylic acids is 1. The van der Waals surface area contributed by atoms with Crippen LogP contribution < -0.4 is 15.8 Å². The van der Waals surface area contributed by atoms with E-state index in [-0.39, 0.29) is 23.2 Å². The van der Waals surface area contributed by atoms with Crippen LogP contribution in [0.2, 0.25) is 0 Å². The van der Waals surface area contributed by atoms with Gasteiger partial charge < -0.3 is 10.2 Å². The fourth-order valence-electron chi connectivity index (χ4n) is 3.46. The lowest BCUT2D eigenvalue weighted by Gasteiger charge is -2.25. The van der Waals surface area contributed by atoms with Gasteiger partial charge in [-0.25, -0.2) is 14.6 Å². The molecule has 8 heteroatoms. The maximum Gasteiger partial charge on any atom is 0.272 e. The number of hydrogen-bond acceptors (Lipinski definition) is 6. The van der Waals surface area contributed by atoms with Crippen LogP contribution in [-0.4, -0.2) is 38.7 Å². The molecule has 1 amide bonds. The van der Waals surface area contributed by atoms with Gasteiger partial charge in [0.2, 0.25) is 5.95 Å². The van der Waals surface area contributed by atoms with Gasteiger partial charge in [-0.1, -0.05) is 19.3 Å². The fraction of sp³-hybridized carbons (Fsp3) is 0.550. The quantitative estimate of drug-likeness (QED) is 0.868. The summed E-state index contributed by atoms with van der Waals surface area (Å²) in [5.74, 6) is 0.428. The van der Waals surface area contributed by atoms with E-state index in [1.54, 1.807) is 6.20 Å². The third kappa shape index (κ3) is 4.74. The molecule has 0 saturated carbocycles. The average molecular weight is 384 g/mol. The van der Waals surface area contributed by atoms with E-state index in [2.05, 4.69) is 20.3 Å². The summed E-state index contributed by atoms with van der Waals surface area (Å²) < 4.78 is 1.15. The molecule has 0 bridgehead atoms. The first-order chi connectivity index (χ1) is 13.5. The van der Waals surface area contributed by atoms with Crippen LogP contribution >= 0.6 is 0 Å². The van der Waals surface area contributed by atoms with Crippen LogP contribution in [0.25, 0.3) is 0 Å². The standard InChI is InChI=1S/C20H28N6O2/c1-14(22-19(28)17-9-10-18(27)25(3)24-17)16-13-21-20(23-15(16)2)26-11-7-5-4-6-8-12-26/h9-10,13-14H,4-8,11-12H2,1-3H3,(H,22,28)/t14-/m0/s1. The van der Waals surface area contributed by atoms with E-state index in [0.717, 1.165) is 35.0 Å². The predicted octanol–water partition coefficient (Wildman–Crippen LogP) is 2.14. The molecule has 0 aliphatic carbocycles. The van der Waals surface area contributed by atoms with Crippen LogP contribution in [-0.2, 0) is 7.05 Å². The summed E-state index contributed by atoms with van der Waals surface area (Å²) in [5, 5.41) is 6.89. The molecule has 28 heavy (non-hydrogen) atoms. The minimum atomic E-state index is -0.338. The topological polar surface area (TPSA) is 93.0 Å². The number of anilines is 1. The first-order valence-electron chi connectivity index (χ1n) is 9.89. The summed E-state index contributed by atoms with van der Waals surface area (Å²) in [6.07, 6.45) is 7.97. The van der Waals surface area contributed by atoms with Crippen LogP contribution in [0.5, 0.6) is 0 Å². The molecule has 1 atom stereocenters. The van der Waals surface area contributed by atoms with E-state index >= 15 is 0 Å². The Bertz CT molecular complexity index is 887. The third-order valence-electron chi connectivity index (χ3n) is 5.15. The first-order valence-corrected chi connectivity index (χ1v) is 9.89. The van der Waals surface area contributed by atoms with E-state index in [1.165, 1.54) is 51.3 Å². The van der Waals surface area contributed by atoms with Gasteiger partial charge in [0, 0.05) is 43.7 Å². The molecule has 2 aromatic heterocycles. The van der Waals surface area contributed by atoms with Gasteiger partial charge in [-0.2, -0.15) is 5.10 Å². The molecule has 8 nitrogen and oxygen atoms in total. The lowest BCUT2D eigenvalue weighted by atomic mass is 10.1. The molecule has 0 radical (unpaired) electrons. The highest BCUT2D eigenvalue weighted by Gasteiger charge is 2.18. The van der Waals surface area contributed by atoms with Gasteiger partial charge in [0.25, 0.3) is 11.5 Å². The summed E-state index contributed by atoms with van der Waals surface area (Å²) in [7, 11) is 1.52. The van der Waals surface area contributed by atoms with Crippen molar-refractivity contribution in [3.63, 3.8) is 0 Å². The van der Waals surface area contributed by atoms with E-state index in [9.17, 15) is 9.59 Å². The van der Waals surface area contributed by atoms with E-state index < -0.39 is 0 Å². The van der Waals surface area contributed by atoms with Gasteiger partial charge in [0.05, 0.1) is 6.04 Å². The molecule has 1 saturated heterocycles. The summed E-state index contributed by atoms with van der Waals surface area (Å²) >= 11 is 0. The van der Waals surface area contributed by atoms with Gasteiger partial charge in [-0.05, 0) is 32.8 Å². The Morgan fingerprint density at radius 2 is 1.82 bits per heavy atom. The van der Waals surface area contributed by atoms with Crippen LogP contribution in [0.3, 0.4) is 0 Å². The van der Waals surface area contributed by atoms with Crippen LogP contribution in [0.1, 0.15) is 66.8 Å². The van der Waals surface area contributed by atoms with Gasteiger partial charge in [0.15, 0.2) is 0 Å². The second-order valence-corrected chi connectivity index (χ2v) is 7.34. The number of nitrogens with one attached hydrogen (secondary N) is 1. The molecule has 1 aliphatic heterocycles. The Morgan fingerprint density at radius 1 is 1.14 bits per heavy atom. The Labute approximate surface area is 165 Å². The van der Waals surface area contributed by atoms with Crippen LogP contribution in [0.4, 0.5) is 5.95 Å². The van der Waals surface area contributed by atoms with Crippen molar-refractivity contribution in [1.29, 1.82) is 0 Å². The maximum atomic E-state index is 12.5. The molecule has 2 aromatic rings. The summed E-state index contributed by atoms with van der Waals surface area (Å²) in [5.41, 5.74) is 1.67. The molecule has 1 fully saturated rings. The van der Waals surface area contributed by atoms with Crippen LogP contribution in [0, 0.1) is 6.92 Å². The van der Waals surface area contributed by atoms with Gasteiger partial charge in [-0.3, -0.25) is 9.59 Å². The molecule has 3 heterocycles. The Morgan fingerprint density at radius 3 is 2.46 bits per heavy atom. The zero-order chi connectivity index (χ0) is 20.1. The smallest absolute Gasteiger partial charge is 0.272 e. The Hall–Kier alpha value is -2.77. The normalized spacial score (nSPS) is 16.2. The van der Waals surface area contributed by atoms with Crippen molar-refractivity contribution in [2.75, 3.05) is 18.0 Å². The lowest BCUT2D eigenvalue weighted by Crippen LogP contribution is -2.31. The number of aryl methyl sites for hydroxylation is 2. The highest BCUT2D eigenvalue weighted by molar-refractivity contribution is 5.92. The summed E-state index contributed by atoms with van der Waals surface area (Å²) in [4.78, 5) is 35.4. The van der Waals surface area contributed by atoms with E-state index in [4.69, 9.17) is 4.98 Å². The van der Waals surface area contributed by atoms with Gasteiger partial charge in [0.1, 0.15) is 5.69 Å². The minimum absolute atomic E-state index is 0.199. The number of rotatable bonds is 4. The second-order valence-electron chi connectivity index (χ2n) is 7.34. The monoisotopic (exact) mass is 384 g/mol. The molecule has 1 aliphatic rings. The SMILES string of the molecule is Cc1nc(N2CCCCCCC2)ncc1[C@H](C)NC(=O)c1ccc(=O)n(C)n1. The largest absolute Gasteiger partial charge is 0.344 e. The molecule has 3 rings (SSSR count). The molecule has 150 valence electrons. The molecule has 0 unspecified atom stereocenters. The van der Waals surface area contributed by atoms with Crippen LogP contribution in [0.15, 0.2) is 23.1 Å². The van der Waals surface area contributed by atoms with Crippen molar-refractivity contribution in [2.24, 2.45) is 7.05 Å². The maximum absolute atomic E-state index is 12.5. The molecule has 0 aromatic carbocycles. The van der Waals surface area contributed by atoms with E-state index in [0.29, 0.717) is 0 Å². The number of nitrogens with zero attached hydrogens (tertiary/aromatic N) is 5. The molecular formula is C20H28N6O2. The van der Waals surface area contributed by atoms with Crippen molar-refractivity contribution < 1.29 is 4.79 Å². The molecule has 0 spiro atoms. The lowest BCUT2D eigenvalue weighted by molar-refractivity contribution is 0.0932. The zero-order valence-corrected chi connectivity index (χ0v) is 16.8. The summed E-state index contributed by atoms with van der Waals surface area (Å²) in [6, 6.07) is 2.49. The zero-order valence-electron chi connectivity index (χ0n) is 16.8. The van der Waals surface area contributed by atoms with Crippen molar-refractivity contribution in [3.8, 4) is 0 Å². The Kier molecular flexibility index (Phi) is 6.38. The Balaban J connectivity index is 1.71. The number of carbonyl (C=O) groups is 1. The van der Waals surface area contributed by atoms with Gasteiger partial charge >= 0.3 is 0 Å². The summed E-state index contributed by atoms with van der Waals surface area (Å²) in [6.45, 7) is 5.81. The van der Waals surface area contributed by atoms with Gasteiger partial charge in [-0.15, -0.1) is 0 Å². The predicted molar refractivity (Wildman–Crippen MR) is 107 cm³/mol. The molecular weight excluding hydrogens is 356 g/mol. The highest BCUT2D eigenvalue weighted by Crippen LogP contribution is 2.20. The third-order valence-corrected chi connectivity index (χ3v) is 5.15. The van der Waals surface area contributed by atoms with Crippen molar-refractivity contribution in [2.45, 2.75) is 52.0 Å². The average Bonchev–Trinajstić information content (AvgIpc) is 2.63. The highest BCUT2D eigenvalue weighted by atomic mass is 16.2.